The molecule has 0 unspecified atom stereocenters. The van der Waals surface area contributed by atoms with Crippen LogP contribution >= 0.6 is 0 Å². The molecule has 0 aromatic heterocycles. The third-order valence-corrected chi connectivity index (χ3v) is 2.64. The number of benzene rings is 2. The number of carbonyl (C=O) groups is 1. The molecule has 0 saturated carbocycles. The Kier molecular flexibility index (Phi) is 5.44. The third-order valence-electron chi connectivity index (χ3n) is 2.64. The first-order valence-corrected chi connectivity index (χ1v) is 5.69. The van der Waals surface area contributed by atoms with E-state index in [9.17, 15) is 4.79 Å². The van der Waals surface area contributed by atoms with Gasteiger partial charge in [-0.2, -0.15) is 0 Å². The maximum Gasteiger partial charge on any atom is 0.392 e. The lowest BCUT2D eigenvalue weighted by Crippen LogP contribution is -2.72. The van der Waals surface area contributed by atoms with E-state index in [1.165, 1.54) is 0 Å². The van der Waals surface area contributed by atoms with Gasteiger partial charge in [-0.05, 0) is 0 Å². The van der Waals surface area contributed by atoms with Crippen LogP contribution in [0.5, 0.6) is 0 Å². The molecule has 19 heavy (non-hydrogen) atoms. The van der Waals surface area contributed by atoms with Gasteiger partial charge in [0.15, 0.2) is 0 Å². The van der Waals surface area contributed by atoms with Crippen molar-refractivity contribution in [1.29, 1.82) is 0 Å². The van der Waals surface area contributed by atoms with E-state index >= 15 is 0 Å². The molecule has 0 heterocycles. The lowest BCUT2D eigenvalue weighted by atomic mass is 9.99. The highest BCUT2D eigenvalue weighted by Gasteiger charge is 2.17. The molecule has 0 aliphatic rings. The summed E-state index contributed by atoms with van der Waals surface area (Å²) in [5.41, 5.74) is 2.06. The lowest BCUT2D eigenvalue weighted by Gasteiger charge is -2.07. The highest BCUT2D eigenvalue weighted by atomic mass is 16.4. The summed E-state index contributed by atoms with van der Waals surface area (Å²) in [6, 6.07) is 19.4. The van der Waals surface area contributed by atoms with E-state index in [0.29, 0.717) is 0 Å². The number of carboxylic acids is 1. The van der Waals surface area contributed by atoms with E-state index in [1.807, 2.05) is 60.7 Å². The minimum atomic E-state index is -0.980. The van der Waals surface area contributed by atoms with Crippen molar-refractivity contribution in [3.63, 3.8) is 0 Å². The average Bonchev–Trinajstić information content (AvgIpc) is 2.41. The van der Waals surface area contributed by atoms with Crippen LogP contribution in [-0.4, -0.2) is 22.8 Å². The van der Waals surface area contributed by atoms with Crippen LogP contribution in [0, 0.1) is 0 Å². The number of rotatable bonds is 4. The van der Waals surface area contributed by atoms with E-state index in [2.05, 4.69) is 4.99 Å². The minimum absolute atomic E-state index is 0. The fraction of sp³-hybridized carbons (Fsp3) is 0.0667. The number of carboxylic acid groups (broad SMARTS) is 1. The summed E-state index contributed by atoms with van der Waals surface area (Å²) in [4.78, 5) is 13.6. The van der Waals surface area contributed by atoms with Gasteiger partial charge in [0.25, 0.3) is 0 Å². The molecule has 98 valence electrons. The van der Waals surface area contributed by atoms with E-state index in [0.717, 1.165) is 17.3 Å². The van der Waals surface area contributed by atoms with Crippen LogP contribution < -0.4 is 4.99 Å². The summed E-state index contributed by atoms with van der Waals surface area (Å²) in [6.07, 6.45) is 1.07. The normalized spacial score (nSPS) is 10.4. The molecule has 0 aliphatic heterocycles. The molecule has 0 spiro atoms. The van der Waals surface area contributed by atoms with Gasteiger partial charge in [-0.1, -0.05) is 60.7 Å². The van der Waals surface area contributed by atoms with Gasteiger partial charge in [0.1, 0.15) is 0 Å². The van der Waals surface area contributed by atoms with Crippen molar-refractivity contribution in [2.24, 2.45) is 0 Å². The van der Waals surface area contributed by atoms with Crippen molar-refractivity contribution in [1.82, 2.24) is 0 Å². The first kappa shape index (κ1) is 14.6. The second-order valence-corrected chi connectivity index (χ2v) is 3.90. The van der Waals surface area contributed by atoms with Crippen LogP contribution in [0.4, 0.5) is 0 Å². The fourth-order valence-electron chi connectivity index (χ4n) is 1.83. The van der Waals surface area contributed by atoms with Gasteiger partial charge in [0, 0.05) is 11.1 Å². The van der Waals surface area contributed by atoms with Crippen LogP contribution in [0.1, 0.15) is 17.2 Å². The van der Waals surface area contributed by atoms with E-state index in [-0.39, 0.29) is 11.5 Å². The molecule has 2 rings (SSSR count). The molecule has 4 heteroatoms. The highest BCUT2D eigenvalue weighted by molar-refractivity contribution is 6.19. The summed E-state index contributed by atoms with van der Waals surface area (Å²) in [7, 11) is 0. The van der Waals surface area contributed by atoms with Crippen molar-refractivity contribution in [2.45, 2.75) is 6.04 Å². The Balaban J connectivity index is 0.00000180. The molecule has 0 atom stereocenters. The van der Waals surface area contributed by atoms with Crippen molar-refractivity contribution in [3.05, 3.63) is 71.8 Å². The third kappa shape index (κ3) is 4.04. The van der Waals surface area contributed by atoms with Crippen molar-refractivity contribution in [2.75, 3.05) is 0 Å². The van der Waals surface area contributed by atoms with Gasteiger partial charge < -0.3 is 10.6 Å². The molecule has 3 N–H and O–H groups in total. The molecule has 0 aliphatic carbocycles. The smallest absolute Gasteiger partial charge is 0.392 e. The van der Waals surface area contributed by atoms with Crippen LogP contribution in [0.2, 0.25) is 0 Å². The Morgan fingerprint density at radius 1 is 0.947 bits per heavy atom. The average molecular weight is 257 g/mol. The summed E-state index contributed by atoms with van der Waals surface area (Å²) in [5, 5.41) is 8.74. The van der Waals surface area contributed by atoms with Gasteiger partial charge in [-0.15, -0.1) is 0 Å². The molecule has 0 saturated heterocycles. The summed E-state index contributed by atoms with van der Waals surface area (Å²) in [6.45, 7) is 0. The van der Waals surface area contributed by atoms with Gasteiger partial charge in [0.05, 0.1) is 0 Å². The molecule has 2 aromatic rings. The Labute approximate surface area is 111 Å². The zero-order chi connectivity index (χ0) is 12.8. The first-order chi connectivity index (χ1) is 8.77. The van der Waals surface area contributed by atoms with Crippen molar-refractivity contribution in [3.8, 4) is 0 Å². The second-order valence-electron chi connectivity index (χ2n) is 3.90. The van der Waals surface area contributed by atoms with Gasteiger partial charge >= 0.3 is 5.97 Å². The molecule has 0 bridgehead atoms. The molecule has 0 fully saturated rings. The maximum atomic E-state index is 10.6. The predicted molar refractivity (Wildman–Crippen MR) is 71.3 cm³/mol. The molecular weight excluding hydrogens is 242 g/mol. The fourth-order valence-corrected chi connectivity index (χ4v) is 1.83. The Morgan fingerprint density at radius 2 is 1.37 bits per heavy atom. The SMILES string of the molecule is O=C(O)C=[NH+]C(c1ccccc1)c1ccccc1.[OH-]. The first-order valence-electron chi connectivity index (χ1n) is 5.69. The van der Waals surface area contributed by atoms with E-state index < -0.39 is 5.97 Å². The van der Waals surface area contributed by atoms with E-state index in [4.69, 9.17) is 5.11 Å². The molecule has 4 nitrogen and oxygen atoms in total. The highest BCUT2D eigenvalue weighted by Crippen LogP contribution is 2.16. The Bertz CT molecular complexity index is 498. The van der Waals surface area contributed by atoms with Gasteiger partial charge in [-0.3, -0.25) is 0 Å². The topological polar surface area (TPSA) is 81.3 Å². The number of hydrogen-bond acceptors (Lipinski definition) is 2. The van der Waals surface area contributed by atoms with Crippen LogP contribution in [0.15, 0.2) is 60.7 Å². The molecule has 0 radical (unpaired) electrons. The zero-order valence-corrected chi connectivity index (χ0v) is 10.2. The van der Waals surface area contributed by atoms with Crippen molar-refractivity contribution < 1.29 is 20.4 Å². The summed E-state index contributed by atoms with van der Waals surface area (Å²) < 4.78 is 0. The van der Waals surface area contributed by atoms with Gasteiger partial charge in [0.2, 0.25) is 12.3 Å². The number of hydrogen-bond donors (Lipinski definition) is 2. The summed E-state index contributed by atoms with van der Waals surface area (Å²) >= 11 is 0. The second kappa shape index (κ2) is 7.08. The monoisotopic (exact) mass is 257 g/mol. The quantitative estimate of drug-likeness (QED) is 0.796. The van der Waals surface area contributed by atoms with Crippen LogP contribution in [0.3, 0.4) is 0 Å². The van der Waals surface area contributed by atoms with Gasteiger partial charge in [-0.25, -0.2) is 9.79 Å². The minimum Gasteiger partial charge on any atom is -0.870 e. The van der Waals surface area contributed by atoms with Crippen LogP contribution in [0.25, 0.3) is 0 Å². The Hall–Kier alpha value is -2.46. The Morgan fingerprint density at radius 3 is 1.74 bits per heavy atom. The summed E-state index contributed by atoms with van der Waals surface area (Å²) in [5.74, 6) is -0.980. The van der Waals surface area contributed by atoms with Crippen LogP contribution in [-0.2, 0) is 4.79 Å². The predicted octanol–water partition coefficient (Wildman–Crippen LogP) is 0.835. The molecular formula is C15H15NO3. The standard InChI is InChI=1S/C15H13NO2.H2O/c17-14(18)11-16-15(12-7-3-1-4-8-12)13-9-5-2-6-10-13;/h1-11,15H,(H,17,18);1H2. The zero-order valence-electron chi connectivity index (χ0n) is 10.2. The van der Waals surface area contributed by atoms with E-state index in [1.54, 1.807) is 0 Å². The van der Waals surface area contributed by atoms with Crippen molar-refractivity contribution >= 4 is 12.2 Å². The number of nitrogens with one attached hydrogen (secondary N) is 1. The largest absolute Gasteiger partial charge is 0.870 e. The molecule has 2 aromatic carbocycles. The maximum absolute atomic E-state index is 10.6. The molecule has 0 amide bonds. The lowest BCUT2D eigenvalue weighted by molar-refractivity contribution is -0.492. The number of aliphatic carboxylic acids is 1.